The lowest BCUT2D eigenvalue weighted by molar-refractivity contribution is -0.146. The van der Waals surface area contributed by atoms with Crippen molar-refractivity contribution in [1.29, 1.82) is 0 Å². The zero-order valence-electron chi connectivity index (χ0n) is 61.2. The first-order chi connectivity index (χ1) is 50.4. The minimum absolute atomic E-state index is 0. The lowest BCUT2D eigenvalue weighted by Crippen LogP contribution is -2.57. The lowest BCUT2D eigenvalue weighted by atomic mass is 10.1. The Morgan fingerprint density at radius 3 is 1.39 bits per heavy atom. The highest BCUT2D eigenvalue weighted by atomic mass is 16.6. The number of ether oxygens (including phenoxy) is 7. The van der Waals surface area contributed by atoms with Crippen molar-refractivity contribution in [2.45, 2.75) is 246 Å². The summed E-state index contributed by atoms with van der Waals surface area (Å²) in [4.78, 5) is 184. The number of H-pyrrole nitrogens is 2. The number of carbonyl (C=O) groups is 11. The molecule has 1 aromatic carbocycles. The van der Waals surface area contributed by atoms with E-state index in [1.54, 1.807) is 69.2 Å². The van der Waals surface area contributed by atoms with Crippen LogP contribution < -0.4 is 59.7 Å². The van der Waals surface area contributed by atoms with Crippen LogP contribution in [-0.4, -0.2) is 254 Å². The van der Waals surface area contributed by atoms with Gasteiger partial charge >= 0.3 is 53.6 Å². The molecule has 15 atom stereocenters. The van der Waals surface area contributed by atoms with Gasteiger partial charge in [-0.05, 0) is 87.1 Å². The smallest absolute Gasteiger partial charge is 0.408 e. The molecule has 3 aromatic rings. The molecule has 6 heterocycles. The molecule has 111 heavy (non-hydrogen) atoms. The van der Waals surface area contributed by atoms with Crippen molar-refractivity contribution in [3.05, 3.63) is 102 Å². The number of aromatic amines is 2. The van der Waals surface area contributed by atoms with Gasteiger partial charge in [0.2, 0.25) is 23.6 Å². The maximum absolute atomic E-state index is 13.2. The lowest BCUT2D eigenvalue weighted by Gasteiger charge is -2.34. The van der Waals surface area contributed by atoms with Crippen molar-refractivity contribution >= 4 is 65.8 Å². The van der Waals surface area contributed by atoms with Crippen LogP contribution in [0.4, 0.5) is 19.2 Å². The molecule has 17 N–H and O–H groups in total. The first-order valence-electron chi connectivity index (χ1n) is 33.9. The number of carbonyl (C=O) groups excluding carboxylic acids is 9. The van der Waals surface area contributed by atoms with Gasteiger partial charge in [0.25, 0.3) is 11.1 Å². The molecule has 0 aliphatic carbocycles. The Morgan fingerprint density at radius 1 is 0.559 bits per heavy atom. The number of aliphatic hydroxyl groups excluding tert-OH is 6. The Morgan fingerprint density at radius 2 is 0.973 bits per heavy atom. The topological polar surface area (TPSA) is 611 Å². The molecule has 2 aromatic heterocycles. The fraction of sp³-hybridized carbons (Fsp3) is 0.638. The summed E-state index contributed by atoms with van der Waals surface area (Å²) in [5.41, 5.74) is -4.72. The van der Waals surface area contributed by atoms with Gasteiger partial charge < -0.3 is 106 Å². The van der Waals surface area contributed by atoms with E-state index < -0.39 is 203 Å². The number of rotatable bonds is 26. The zero-order chi connectivity index (χ0) is 81.3. The number of amides is 9. The summed E-state index contributed by atoms with van der Waals surface area (Å²) in [7, 11) is 1.00. The van der Waals surface area contributed by atoms with E-state index in [0.29, 0.717) is 0 Å². The molecule has 15 unspecified atom stereocenters. The fourth-order valence-corrected chi connectivity index (χ4v) is 10.3. The first kappa shape index (κ1) is 98.8. The molecule has 9 amide bonds. The van der Waals surface area contributed by atoms with Crippen molar-refractivity contribution in [2.24, 2.45) is 5.92 Å². The fourth-order valence-electron chi connectivity index (χ4n) is 10.3. The predicted octanol–water partition coefficient (Wildman–Crippen LogP) is -0.994. The summed E-state index contributed by atoms with van der Waals surface area (Å²) in [6.07, 6.45) is -15.7. The second-order valence-electron chi connectivity index (χ2n) is 27.8. The van der Waals surface area contributed by atoms with Gasteiger partial charge in [0.15, 0.2) is 12.5 Å². The molecular weight excluding hydrogens is 1480 g/mol. The Kier molecular flexibility index (Phi) is 40.2. The van der Waals surface area contributed by atoms with Crippen LogP contribution in [0.15, 0.2) is 74.0 Å². The molecule has 4 aliphatic rings. The van der Waals surface area contributed by atoms with Crippen LogP contribution in [0, 0.1) is 5.92 Å². The minimum atomic E-state index is -1.59. The molecule has 42 heteroatoms. The van der Waals surface area contributed by atoms with Crippen molar-refractivity contribution in [2.75, 3.05) is 33.3 Å². The van der Waals surface area contributed by atoms with Gasteiger partial charge in [0.1, 0.15) is 90.5 Å². The van der Waals surface area contributed by atoms with Crippen molar-refractivity contribution in [1.82, 2.24) is 61.2 Å². The highest BCUT2D eigenvalue weighted by molar-refractivity contribution is 5.98. The Labute approximate surface area is 640 Å². The van der Waals surface area contributed by atoms with Gasteiger partial charge in [-0.3, -0.25) is 67.7 Å². The number of aliphatic hydroxyl groups is 6. The van der Waals surface area contributed by atoms with Crippen LogP contribution >= 0.6 is 0 Å². The van der Waals surface area contributed by atoms with Gasteiger partial charge in [0, 0.05) is 84.9 Å². The van der Waals surface area contributed by atoms with E-state index in [-0.39, 0.29) is 95.0 Å². The molecule has 4 fully saturated rings. The molecule has 42 nitrogen and oxygen atoms in total. The summed E-state index contributed by atoms with van der Waals surface area (Å²) in [6, 6.07) is 6.79. The highest BCUT2D eigenvalue weighted by Crippen LogP contribution is 2.30. The number of nitrogens with one attached hydrogen (secondary N) is 9. The van der Waals surface area contributed by atoms with Gasteiger partial charge in [-0.25, -0.2) is 33.6 Å². The average Bonchev–Trinajstić information content (AvgIpc) is 1.65. The van der Waals surface area contributed by atoms with E-state index in [2.05, 4.69) is 37.2 Å². The van der Waals surface area contributed by atoms with E-state index in [1.807, 2.05) is 40.3 Å². The molecule has 7 rings (SSSR count). The third-order valence-electron chi connectivity index (χ3n) is 15.5. The summed E-state index contributed by atoms with van der Waals surface area (Å²) in [5, 5.41) is 93.7. The van der Waals surface area contributed by atoms with Crippen LogP contribution in [0.1, 0.15) is 156 Å². The second-order valence-corrected chi connectivity index (χ2v) is 27.8. The van der Waals surface area contributed by atoms with Crippen molar-refractivity contribution in [3.8, 4) is 0 Å². The quantitative estimate of drug-likeness (QED) is 0.0339. The SMILES string of the molecule is C.C.C.CC(C)(C)OC(=O)NC(CCC(=O)O)C(=O)NCC1OC(n2ccc(=O)[nH]c2=O)C(O)C1O.CC(C)(C)OC(=O)NC(CCC(=O)OCc1ccccc1)C(=O)O.CC1CN(C2CC(O)C(CNC(=O)CCC(NC(=O)OC(C)(C)C)C(=O)NCC3OC(n4ccc(=O)[nH]c4=O)C(O)C3O)O2)C(=O)NC1=O.CO.[HH]. The van der Waals surface area contributed by atoms with E-state index in [9.17, 15) is 97.5 Å². The van der Waals surface area contributed by atoms with Crippen molar-refractivity contribution < 1.29 is 128 Å². The molecule has 4 saturated heterocycles. The van der Waals surface area contributed by atoms with Crippen LogP contribution in [0.2, 0.25) is 0 Å². The Balaban J connectivity index is 0.00000171. The largest absolute Gasteiger partial charge is 0.481 e. The summed E-state index contributed by atoms with van der Waals surface area (Å²) in [5.74, 6) is -5.92. The molecule has 628 valence electrons. The maximum Gasteiger partial charge on any atom is 0.408 e. The monoisotopic (exact) mass is 1590 g/mol. The summed E-state index contributed by atoms with van der Waals surface area (Å²) >= 11 is 0. The molecular formula is C69H112N12O30. The number of esters is 1. The first-order valence-corrected chi connectivity index (χ1v) is 33.9. The Hall–Kier alpha value is -10.2. The Bertz CT molecular complexity index is 3820. The standard InChI is InChI=1S/C29H43N7O13.C19H28N4O10.C17H23NO6.CH4O.3CH4.H2/c1-13-12-36(27(45)34-23(13)42)20-9-15(37)16(47-20)10-30-18(38)6-5-14(32-28(46)49-29(2,3)4)24(43)31-11-17-21(40)22(41)25(48-17)35-8-7-19(39)33-26(35)44;1-19(2,3)33-18(31)21-9(4-5-12(25)26)15(29)20-8-10-13(27)14(28)16(32-10)23-7-6-11(24)22-17(23)30;1-17(2,3)24-16(22)18-13(15(20)21)9-10-14(19)23-11-12-7-5-4-6-8-12;1-2;;;;/h7-8,13-17,20-22,25,37,40-41H,5-6,9-12H2,1-4H3,(H,30,38)(H,31,43)(H,32,46)(H,33,39,44)(H,34,42,45);6-7,9-10,13-14,16,27-28H,4-5,8H2,1-3H3,(H,20,29)(H,21,31)(H,25,26)(H,22,24,30);4-8,13H,9-11H2,1-3H3,(H,18,22)(H,20,21);2H,1H3;3*1H4;1H. The number of hydrogen-bond donors (Lipinski definition) is 17. The minimum Gasteiger partial charge on any atom is -0.481 e. The normalized spacial score (nSPS) is 22.6. The number of carboxylic acid groups (broad SMARTS) is 2. The maximum atomic E-state index is 13.2. The summed E-state index contributed by atoms with van der Waals surface area (Å²) < 4.78 is 39.0. The molecule has 4 aliphatic heterocycles. The van der Waals surface area contributed by atoms with Crippen molar-refractivity contribution in [3.63, 3.8) is 0 Å². The van der Waals surface area contributed by atoms with E-state index in [0.717, 1.165) is 46.3 Å². The highest BCUT2D eigenvalue weighted by Gasteiger charge is 2.47. The van der Waals surface area contributed by atoms with Gasteiger partial charge in [0.05, 0.1) is 12.0 Å². The number of aliphatic carboxylic acids is 2. The number of hydrogen-bond acceptors (Lipinski definition) is 28. The number of imide groups is 1. The second kappa shape index (κ2) is 45.2. The van der Waals surface area contributed by atoms with E-state index in [1.165, 1.54) is 4.90 Å². The predicted molar refractivity (Wildman–Crippen MR) is 391 cm³/mol. The number of aromatic nitrogens is 4. The van der Waals surface area contributed by atoms with Crippen LogP contribution in [0.3, 0.4) is 0 Å². The number of alkyl carbamates (subject to hydrolysis) is 3. The average molecular weight is 1590 g/mol. The van der Waals surface area contributed by atoms with Gasteiger partial charge in [-0.15, -0.1) is 0 Å². The number of nitrogens with zero attached hydrogens (tertiary/aromatic N) is 3. The van der Waals surface area contributed by atoms with Crippen LogP contribution in [0.25, 0.3) is 0 Å². The van der Waals surface area contributed by atoms with Gasteiger partial charge in [-0.2, -0.15) is 0 Å². The number of carboxylic acids is 2. The molecule has 0 saturated carbocycles. The molecule has 0 bridgehead atoms. The van der Waals surface area contributed by atoms with Crippen LogP contribution in [0.5, 0.6) is 0 Å². The molecule has 0 radical (unpaired) electrons. The summed E-state index contributed by atoms with van der Waals surface area (Å²) in [6.45, 7) is 15.8. The third kappa shape index (κ3) is 33.1. The molecule has 0 spiro atoms. The van der Waals surface area contributed by atoms with E-state index in [4.69, 9.17) is 48.5 Å². The number of benzene rings is 1. The third-order valence-corrected chi connectivity index (χ3v) is 15.5. The van der Waals surface area contributed by atoms with Gasteiger partial charge in [-0.1, -0.05) is 59.5 Å². The number of urea groups is 1. The van der Waals surface area contributed by atoms with Crippen LogP contribution in [-0.2, 0) is 73.3 Å². The van der Waals surface area contributed by atoms with E-state index >= 15 is 0 Å². The zero-order valence-corrected chi connectivity index (χ0v) is 61.2.